The topological polar surface area (TPSA) is 23.5 Å². The van der Waals surface area contributed by atoms with E-state index in [-0.39, 0.29) is 6.10 Å². The Bertz CT molecular complexity index is 697. The van der Waals surface area contributed by atoms with Crippen LogP contribution in [-0.4, -0.2) is 35.2 Å². The van der Waals surface area contributed by atoms with Crippen molar-refractivity contribution >= 4 is 10.8 Å². The molecule has 2 saturated heterocycles. The van der Waals surface area contributed by atoms with Crippen LogP contribution in [0, 0.1) is 5.92 Å². The van der Waals surface area contributed by atoms with Gasteiger partial charge in [-0.15, -0.1) is 0 Å². The highest BCUT2D eigenvalue weighted by atomic mass is 16.3. The Hall–Kier alpha value is -1.38. The summed E-state index contributed by atoms with van der Waals surface area (Å²) in [5.41, 5.74) is 1.47. The van der Waals surface area contributed by atoms with E-state index in [1.807, 2.05) is 0 Å². The van der Waals surface area contributed by atoms with Crippen LogP contribution in [-0.2, 0) is 0 Å². The summed E-state index contributed by atoms with van der Waals surface area (Å²) in [6.07, 6.45) is 4.39. The molecule has 2 aliphatic heterocycles. The summed E-state index contributed by atoms with van der Waals surface area (Å²) in [6, 6.07) is 16.5. The van der Waals surface area contributed by atoms with E-state index < -0.39 is 0 Å². The Labute approximate surface area is 139 Å². The van der Waals surface area contributed by atoms with Crippen molar-refractivity contribution in [2.45, 2.75) is 56.7 Å². The second kappa shape index (κ2) is 5.92. The van der Waals surface area contributed by atoms with Crippen LogP contribution in [0.25, 0.3) is 10.8 Å². The maximum atomic E-state index is 10.6. The van der Waals surface area contributed by atoms with E-state index in [0.717, 1.165) is 6.42 Å². The number of hydrogen-bond donors (Lipinski definition) is 1. The number of hydrogen-bond acceptors (Lipinski definition) is 2. The van der Waals surface area contributed by atoms with Gasteiger partial charge in [0.25, 0.3) is 0 Å². The molecule has 2 fully saturated rings. The molecule has 1 N–H and O–H groups in total. The van der Waals surface area contributed by atoms with E-state index in [4.69, 9.17) is 0 Å². The fourth-order valence-corrected chi connectivity index (χ4v) is 5.18. The molecule has 2 unspecified atom stereocenters. The van der Waals surface area contributed by atoms with Gasteiger partial charge in [0.2, 0.25) is 0 Å². The number of piperidine rings is 1. The van der Waals surface area contributed by atoms with Crippen LogP contribution in [0.1, 0.15) is 44.1 Å². The van der Waals surface area contributed by atoms with Crippen LogP contribution in [0.3, 0.4) is 0 Å². The lowest BCUT2D eigenvalue weighted by atomic mass is 9.73. The van der Waals surface area contributed by atoms with Crippen LogP contribution >= 0.6 is 0 Å². The lowest BCUT2D eigenvalue weighted by Gasteiger charge is -2.44. The van der Waals surface area contributed by atoms with E-state index in [2.05, 4.69) is 61.3 Å². The van der Waals surface area contributed by atoms with Crippen molar-refractivity contribution in [1.82, 2.24) is 4.90 Å². The summed E-state index contributed by atoms with van der Waals surface area (Å²) < 4.78 is 0. The van der Waals surface area contributed by atoms with E-state index >= 15 is 0 Å². The third-order valence-electron chi connectivity index (χ3n) is 6.26. The van der Waals surface area contributed by atoms with Gasteiger partial charge in [0.05, 0.1) is 6.10 Å². The minimum Gasteiger partial charge on any atom is -0.391 e. The number of benzene rings is 2. The van der Waals surface area contributed by atoms with Crippen molar-refractivity contribution in [1.29, 1.82) is 0 Å². The molecule has 0 aliphatic carbocycles. The minimum absolute atomic E-state index is 0.146. The van der Waals surface area contributed by atoms with E-state index in [0.29, 0.717) is 23.9 Å². The first-order valence-corrected chi connectivity index (χ1v) is 9.07. The molecule has 2 aromatic carbocycles. The smallest absolute Gasteiger partial charge is 0.0713 e. The maximum absolute atomic E-state index is 10.6. The summed E-state index contributed by atoms with van der Waals surface area (Å²) in [4.78, 5) is 2.46. The predicted octanol–water partition coefficient (Wildman–Crippen LogP) is 4.18. The summed E-state index contributed by atoms with van der Waals surface area (Å²) in [5, 5.41) is 13.2. The highest BCUT2D eigenvalue weighted by molar-refractivity contribution is 5.83. The molecule has 0 saturated carbocycles. The Kier molecular flexibility index (Phi) is 3.90. The second-order valence-electron chi connectivity index (χ2n) is 7.51. The number of aliphatic hydroxyl groups excluding tert-OH is 1. The fraction of sp³-hybridized carbons (Fsp3) is 0.524. The van der Waals surface area contributed by atoms with Crippen LogP contribution in [0.5, 0.6) is 0 Å². The van der Waals surface area contributed by atoms with Crippen molar-refractivity contribution in [3.05, 3.63) is 48.0 Å². The zero-order valence-corrected chi connectivity index (χ0v) is 14.2. The first-order chi connectivity index (χ1) is 11.2. The van der Waals surface area contributed by atoms with E-state index in [9.17, 15) is 5.11 Å². The van der Waals surface area contributed by atoms with Gasteiger partial charge < -0.3 is 5.11 Å². The fourth-order valence-electron chi connectivity index (χ4n) is 5.18. The quantitative estimate of drug-likeness (QED) is 0.919. The largest absolute Gasteiger partial charge is 0.391 e. The Morgan fingerprint density at radius 2 is 1.87 bits per heavy atom. The summed E-state index contributed by atoms with van der Waals surface area (Å²) >= 11 is 0. The van der Waals surface area contributed by atoms with E-state index in [1.54, 1.807) is 0 Å². The summed E-state index contributed by atoms with van der Waals surface area (Å²) in [6.45, 7) is 2.27. The molecule has 23 heavy (non-hydrogen) atoms. The number of aliphatic hydroxyl groups is 1. The van der Waals surface area contributed by atoms with Gasteiger partial charge in [-0.25, -0.2) is 0 Å². The molecular formula is C21H27NO. The SMILES string of the molecule is CCC[C@H]1[C@@H](c2ccc3ccccc3c2)CC2CC(O)[C@@H]1N2C. The van der Waals surface area contributed by atoms with Gasteiger partial charge >= 0.3 is 0 Å². The molecular weight excluding hydrogens is 282 g/mol. The third kappa shape index (κ3) is 2.49. The molecule has 122 valence electrons. The molecule has 2 aliphatic rings. The average Bonchev–Trinajstić information content (AvgIpc) is 2.75. The van der Waals surface area contributed by atoms with Crippen LogP contribution < -0.4 is 0 Å². The maximum Gasteiger partial charge on any atom is 0.0713 e. The van der Waals surface area contributed by atoms with Crippen LogP contribution in [0.2, 0.25) is 0 Å². The monoisotopic (exact) mass is 309 g/mol. The zero-order valence-electron chi connectivity index (χ0n) is 14.2. The van der Waals surface area contributed by atoms with Gasteiger partial charge in [0, 0.05) is 12.1 Å². The van der Waals surface area contributed by atoms with Crippen molar-refractivity contribution < 1.29 is 5.11 Å². The molecule has 0 radical (unpaired) electrons. The Morgan fingerprint density at radius 3 is 2.65 bits per heavy atom. The van der Waals surface area contributed by atoms with Crippen molar-refractivity contribution in [3.8, 4) is 0 Å². The molecule has 0 spiro atoms. The van der Waals surface area contributed by atoms with Gasteiger partial charge in [-0.1, -0.05) is 55.8 Å². The van der Waals surface area contributed by atoms with Gasteiger partial charge in [0.1, 0.15) is 0 Å². The molecule has 2 aromatic rings. The van der Waals surface area contributed by atoms with Gasteiger partial charge in [-0.2, -0.15) is 0 Å². The molecule has 0 amide bonds. The van der Waals surface area contributed by atoms with Crippen molar-refractivity contribution in [2.24, 2.45) is 5.92 Å². The zero-order chi connectivity index (χ0) is 16.0. The Morgan fingerprint density at radius 1 is 1.09 bits per heavy atom. The molecule has 2 heterocycles. The van der Waals surface area contributed by atoms with Crippen molar-refractivity contribution in [2.75, 3.05) is 7.05 Å². The lowest BCUT2D eigenvalue weighted by molar-refractivity contribution is 0.0425. The number of rotatable bonds is 3. The average molecular weight is 309 g/mol. The van der Waals surface area contributed by atoms with Crippen LogP contribution in [0.4, 0.5) is 0 Å². The normalized spacial score (nSPS) is 34.1. The first kappa shape index (κ1) is 15.2. The lowest BCUT2D eigenvalue weighted by Crippen LogP contribution is -2.48. The highest BCUT2D eigenvalue weighted by Crippen LogP contribution is 2.48. The van der Waals surface area contributed by atoms with Crippen molar-refractivity contribution in [3.63, 3.8) is 0 Å². The van der Waals surface area contributed by atoms with Gasteiger partial charge in [0.15, 0.2) is 0 Å². The molecule has 0 aromatic heterocycles. The standard InChI is InChI=1S/C21H27NO/c1-3-6-18-19(12-17-13-20(23)21(18)22(17)2)16-10-9-14-7-4-5-8-15(14)11-16/h4-5,7-11,17-21,23H,3,6,12-13H2,1-2H3/t17?,18-,19+,20?,21+/m0/s1. The minimum atomic E-state index is -0.146. The third-order valence-corrected chi connectivity index (χ3v) is 6.26. The van der Waals surface area contributed by atoms with Crippen LogP contribution in [0.15, 0.2) is 42.5 Å². The Balaban J connectivity index is 1.73. The van der Waals surface area contributed by atoms with Gasteiger partial charge in [-0.3, -0.25) is 4.90 Å². The molecule has 2 bridgehead atoms. The molecule has 2 heteroatoms. The highest BCUT2D eigenvalue weighted by Gasteiger charge is 2.49. The summed E-state index contributed by atoms with van der Waals surface area (Å²) in [5.74, 6) is 1.16. The summed E-state index contributed by atoms with van der Waals surface area (Å²) in [7, 11) is 2.21. The molecule has 4 rings (SSSR count). The predicted molar refractivity (Wildman–Crippen MR) is 95.7 cm³/mol. The number of nitrogens with zero attached hydrogens (tertiary/aromatic N) is 1. The van der Waals surface area contributed by atoms with Gasteiger partial charge in [-0.05, 0) is 54.5 Å². The number of fused-ring (bicyclic) bond motifs is 3. The second-order valence-corrected chi connectivity index (χ2v) is 7.51. The number of likely N-dealkylation sites (N-methyl/N-ethyl adjacent to an activating group) is 1. The molecule has 2 nitrogen and oxygen atoms in total. The van der Waals surface area contributed by atoms with E-state index in [1.165, 1.54) is 35.6 Å². The first-order valence-electron chi connectivity index (χ1n) is 9.07. The molecule has 5 atom stereocenters.